The lowest BCUT2D eigenvalue weighted by atomic mass is 9.59. The number of ether oxygens (including phenoxy) is 3. The number of nitrogens with zero attached hydrogens (tertiary/aromatic N) is 1. The van der Waals surface area contributed by atoms with E-state index in [1.54, 1.807) is 13.2 Å². The highest BCUT2D eigenvalue weighted by atomic mass is 16.6. The van der Waals surface area contributed by atoms with Gasteiger partial charge in [-0.1, -0.05) is 19.9 Å². The van der Waals surface area contributed by atoms with Crippen LogP contribution >= 0.6 is 0 Å². The van der Waals surface area contributed by atoms with Crippen LogP contribution in [-0.4, -0.2) is 36.5 Å². The molecule has 1 saturated carbocycles. The van der Waals surface area contributed by atoms with Crippen molar-refractivity contribution in [2.75, 3.05) is 13.7 Å². The predicted octanol–water partition coefficient (Wildman–Crippen LogP) is 3.12. The Morgan fingerprint density at radius 3 is 2.79 bits per heavy atom. The molecule has 0 spiro atoms. The van der Waals surface area contributed by atoms with E-state index in [-0.39, 0.29) is 29.1 Å². The summed E-state index contributed by atoms with van der Waals surface area (Å²) in [4.78, 5) is 25.3. The van der Waals surface area contributed by atoms with E-state index in [9.17, 15) is 9.59 Å². The fourth-order valence-electron chi connectivity index (χ4n) is 4.48. The van der Waals surface area contributed by atoms with E-state index in [1.165, 1.54) is 22.9 Å². The van der Waals surface area contributed by atoms with Crippen molar-refractivity contribution >= 4 is 5.97 Å². The number of hydrogen-bond acceptors (Lipinski definition) is 5. The van der Waals surface area contributed by atoms with Gasteiger partial charge in [-0.05, 0) is 37.1 Å². The molecule has 28 heavy (non-hydrogen) atoms. The molecule has 0 bridgehead atoms. The summed E-state index contributed by atoms with van der Waals surface area (Å²) in [5, 5.41) is 0. The van der Waals surface area contributed by atoms with Crippen LogP contribution in [0.3, 0.4) is 0 Å². The first kappa shape index (κ1) is 18.7. The Bertz CT molecular complexity index is 977. The Hall–Kier alpha value is -2.60. The number of esters is 1. The zero-order valence-electron chi connectivity index (χ0n) is 16.6. The largest absolute Gasteiger partial charge is 0.495 e. The molecule has 4 rings (SSSR count). The monoisotopic (exact) mass is 383 g/mol. The molecule has 2 aliphatic rings. The van der Waals surface area contributed by atoms with Crippen LogP contribution in [0.2, 0.25) is 0 Å². The molecule has 1 saturated heterocycles. The van der Waals surface area contributed by atoms with Crippen LogP contribution in [0.4, 0.5) is 0 Å². The molecular formula is C22H25NO5. The zero-order valence-corrected chi connectivity index (χ0v) is 16.6. The van der Waals surface area contributed by atoms with E-state index >= 15 is 0 Å². The molecule has 0 unspecified atom stereocenters. The predicted molar refractivity (Wildman–Crippen MR) is 104 cm³/mol. The maximum atomic E-state index is 12.8. The molecule has 3 atom stereocenters. The average Bonchev–Trinajstić information content (AvgIpc) is 3.13. The van der Waals surface area contributed by atoms with E-state index in [4.69, 9.17) is 14.2 Å². The number of carbonyl (C=O) groups is 1. The second-order valence-corrected chi connectivity index (χ2v) is 8.19. The Morgan fingerprint density at radius 1 is 1.25 bits per heavy atom. The summed E-state index contributed by atoms with van der Waals surface area (Å²) < 4.78 is 18.4. The van der Waals surface area contributed by atoms with Crippen molar-refractivity contribution in [3.05, 3.63) is 58.0 Å². The van der Waals surface area contributed by atoms with Gasteiger partial charge in [0.25, 0.3) is 5.56 Å². The molecule has 6 nitrogen and oxygen atoms in total. The van der Waals surface area contributed by atoms with Crippen LogP contribution in [0.5, 0.6) is 5.75 Å². The fraction of sp³-hybridized carbons (Fsp3) is 0.455. The normalized spacial score (nSPS) is 24.9. The molecule has 1 aromatic carbocycles. The van der Waals surface area contributed by atoms with Gasteiger partial charge in [0.05, 0.1) is 24.5 Å². The van der Waals surface area contributed by atoms with E-state index in [0.717, 1.165) is 12.0 Å². The van der Waals surface area contributed by atoms with Crippen LogP contribution in [-0.2, 0) is 9.47 Å². The van der Waals surface area contributed by atoms with E-state index in [0.29, 0.717) is 23.6 Å². The quantitative estimate of drug-likeness (QED) is 0.759. The van der Waals surface area contributed by atoms with Gasteiger partial charge in [-0.15, -0.1) is 0 Å². The highest BCUT2D eigenvalue weighted by molar-refractivity contribution is 5.89. The Morgan fingerprint density at radius 2 is 2.04 bits per heavy atom. The van der Waals surface area contributed by atoms with Crippen molar-refractivity contribution in [1.82, 2.24) is 4.57 Å². The molecule has 0 amide bonds. The number of rotatable bonds is 4. The third-order valence-corrected chi connectivity index (χ3v) is 5.97. The number of aryl methyl sites for hydroxylation is 1. The SMILES string of the molecule is COc1ccc(C)cc1-n1cc(C(=O)O[C@@H]2[C@H]3CCO[C@@H]3C2(C)C)ccc1=O. The summed E-state index contributed by atoms with van der Waals surface area (Å²) in [6.07, 6.45) is 2.40. The second-order valence-electron chi connectivity index (χ2n) is 8.19. The van der Waals surface area contributed by atoms with Gasteiger partial charge in [0.15, 0.2) is 0 Å². The molecule has 0 radical (unpaired) electrons. The highest BCUT2D eigenvalue weighted by Gasteiger charge is 2.61. The lowest BCUT2D eigenvalue weighted by molar-refractivity contribution is -0.183. The highest BCUT2D eigenvalue weighted by Crippen LogP contribution is 2.53. The molecule has 6 heteroatoms. The number of methoxy groups -OCH3 is 1. The maximum Gasteiger partial charge on any atom is 0.339 e. The van der Waals surface area contributed by atoms with Crippen LogP contribution in [0.1, 0.15) is 36.2 Å². The number of carbonyl (C=O) groups excluding carboxylic acids is 1. The molecule has 1 aromatic heterocycles. The van der Waals surface area contributed by atoms with E-state index < -0.39 is 5.97 Å². The summed E-state index contributed by atoms with van der Waals surface area (Å²) in [5.41, 5.74) is 1.47. The average molecular weight is 383 g/mol. The van der Waals surface area contributed by atoms with Crippen molar-refractivity contribution in [3.63, 3.8) is 0 Å². The number of fused-ring (bicyclic) bond motifs is 1. The Labute approximate surface area is 164 Å². The minimum atomic E-state index is -0.427. The van der Waals surface area contributed by atoms with Crippen molar-refractivity contribution < 1.29 is 19.0 Å². The van der Waals surface area contributed by atoms with Crippen LogP contribution in [0.25, 0.3) is 5.69 Å². The summed E-state index contributed by atoms with van der Waals surface area (Å²) in [6.45, 7) is 6.78. The molecule has 1 aliphatic heterocycles. The lowest BCUT2D eigenvalue weighted by Crippen LogP contribution is -2.61. The number of pyridine rings is 1. The van der Waals surface area contributed by atoms with Gasteiger partial charge in [-0.3, -0.25) is 9.36 Å². The van der Waals surface area contributed by atoms with Gasteiger partial charge in [0, 0.05) is 30.2 Å². The molecule has 148 valence electrons. The molecule has 1 aliphatic carbocycles. The first-order chi connectivity index (χ1) is 13.3. The third-order valence-electron chi connectivity index (χ3n) is 5.97. The van der Waals surface area contributed by atoms with Gasteiger partial charge in [0.2, 0.25) is 0 Å². The van der Waals surface area contributed by atoms with Crippen LogP contribution in [0, 0.1) is 18.3 Å². The zero-order chi connectivity index (χ0) is 20.1. The van der Waals surface area contributed by atoms with Crippen LogP contribution in [0.15, 0.2) is 41.3 Å². The number of aromatic nitrogens is 1. The molecule has 2 fully saturated rings. The maximum absolute atomic E-state index is 12.8. The van der Waals surface area contributed by atoms with Crippen molar-refractivity contribution in [1.29, 1.82) is 0 Å². The number of benzene rings is 1. The summed E-state index contributed by atoms with van der Waals surface area (Å²) in [6, 6.07) is 8.46. The van der Waals surface area contributed by atoms with Crippen molar-refractivity contribution in [3.8, 4) is 11.4 Å². The summed E-state index contributed by atoms with van der Waals surface area (Å²) in [5.74, 6) is 0.384. The van der Waals surface area contributed by atoms with Gasteiger partial charge < -0.3 is 14.2 Å². The topological polar surface area (TPSA) is 66.8 Å². The molecule has 2 heterocycles. The van der Waals surface area contributed by atoms with Gasteiger partial charge in [-0.2, -0.15) is 0 Å². The fourth-order valence-corrected chi connectivity index (χ4v) is 4.48. The minimum Gasteiger partial charge on any atom is -0.495 e. The lowest BCUT2D eigenvalue weighted by Gasteiger charge is -2.53. The Kier molecular flexibility index (Phi) is 4.54. The first-order valence-corrected chi connectivity index (χ1v) is 9.53. The molecule has 0 N–H and O–H groups in total. The summed E-state index contributed by atoms with van der Waals surface area (Å²) >= 11 is 0. The van der Waals surface area contributed by atoms with Gasteiger partial charge in [0.1, 0.15) is 11.9 Å². The van der Waals surface area contributed by atoms with Gasteiger partial charge in [-0.25, -0.2) is 4.79 Å². The molecule has 2 aromatic rings. The Balaban J connectivity index is 1.63. The van der Waals surface area contributed by atoms with Gasteiger partial charge >= 0.3 is 5.97 Å². The summed E-state index contributed by atoms with van der Waals surface area (Å²) in [7, 11) is 1.55. The minimum absolute atomic E-state index is 0.149. The van der Waals surface area contributed by atoms with E-state index in [2.05, 4.69) is 13.8 Å². The number of hydrogen-bond donors (Lipinski definition) is 0. The van der Waals surface area contributed by atoms with Crippen molar-refractivity contribution in [2.24, 2.45) is 11.3 Å². The standard InChI is InChI=1S/C22H25NO5/c1-13-5-7-17(26-4)16(11-13)23-12-14(6-8-18(23)24)21(25)28-20-15-9-10-27-19(15)22(20,2)3/h5-8,11-12,15,19-20H,9-10H2,1-4H3/t15-,19-,20+/m0/s1. The third kappa shape index (κ3) is 2.92. The first-order valence-electron chi connectivity index (χ1n) is 9.53. The van der Waals surface area contributed by atoms with E-state index in [1.807, 2.05) is 19.1 Å². The van der Waals surface area contributed by atoms with Crippen LogP contribution < -0.4 is 10.3 Å². The second kappa shape index (κ2) is 6.78. The smallest absolute Gasteiger partial charge is 0.339 e. The van der Waals surface area contributed by atoms with Crippen molar-refractivity contribution in [2.45, 2.75) is 39.4 Å². The molecular weight excluding hydrogens is 358 g/mol.